The fraction of sp³-hybridized carbons (Fsp3) is 0.263. The molecular formula is C19H22O. The standard InChI is InChI=1S/C19H22O/c1-15-8-12-18(13-9-15)19(14-20)16(2)10-11-17-6-4-3-5-7-17/h3-13,16,19-20H,14H2,1-2H3/b11-10+/t16-,19-/m0/s1. The molecule has 0 bridgehead atoms. The molecule has 2 atom stereocenters. The van der Waals surface area contributed by atoms with Crippen molar-refractivity contribution in [3.63, 3.8) is 0 Å². The van der Waals surface area contributed by atoms with Crippen molar-refractivity contribution >= 4 is 6.08 Å². The Morgan fingerprint density at radius 3 is 2.25 bits per heavy atom. The van der Waals surface area contributed by atoms with E-state index in [9.17, 15) is 5.11 Å². The lowest BCUT2D eigenvalue weighted by atomic mass is 9.87. The lowest BCUT2D eigenvalue weighted by molar-refractivity contribution is 0.245. The first-order chi connectivity index (χ1) is 9.70. The summed E-state index contributed by atoms with van der Waals surface area (Å²) in [5.74, 6) is 0.443. The fourth-order valence-corrected chi connectivity index (χ4v) is 2.35. The Kier molecular flexibility index (Phi) is 5.14. The summed E-state index contributed by atoms with van der Waals surface area (Å²) in [4.78, 5) is 0. The normalized spacial score (nSPS) is 14.3. The zero-order valence-corrected chi connectivity index (χ0v) is 12.2. The van der Waals surface area contributed by atoms with Gasteiger partial charge in [-0.05, 0) is 24.0 Å². The molecule has 0 fully saturated rings. The Morgan fingerprint density at radius 1 is 1.00 bits per heavy atom. The van der Waals surface area contributed by atoms with Crippen molar-refractivity contribution in [1.82, 2.24) is 0 Å². The van der Waals surface area contributed by atoms with Gasteiger partial charge in [0.25, 0.3) is 0 Å². The summed E-state index contributed by atoms with van der Waals surface area (Å²) in [7, 11) is 0. The van der Waals surface area contributed by atoms with Gasteiger partial charge in [0.1, 0.15) is 0 Å². The summed E-state index contributed by atoms with van der Waals surface area (Å²) in [6.45, 7) is 4.40. The molecule has 0 heterocycles. The fourth-order valence-electron chi connectivity index (χ4n) is 2.35. The van der Waals surface area contributed by atoms with E-state index in [0.29, 0.717) is 5.92 Å². The van der Waals surface area contributed by atoms with E-state index in [0.717, 1.165) is 0 Å². The number of allylic oxidation sites excluding steroid dienone is 1. The molecule has 0 aromatic heterocycles. The maximum Gasteiger partial charge on any atom is 0.0505 e. The van der Waals surface area contributed by atoms with E-state index in [1.807, 2.05) is 18.2 Å². The lowest BCUT2D eigenvalue weighted by Crippen LogP contribution is -2.12. The molecule has 1 N–H and O–H groups in total. The molecule has 0 aliphatic carbocycles. The van der Waals surface area contributed by atoms with E-state index in [1.54, 1.807) is 0 Å². The van der Waals surface area contributed by atoms with Crippen LogP contribution in [0.5, 0.6) is 0 Å². The van der Waals surface area contributed by atoms with E-state index in [2.05, 4.69) is 62.4 Å². The van der Waals surface area contributed by atoms with Gasteiger partial charge in [-0.25, -0.2) is 0 Å². The van der Waals surface area contributed by atoms with Gasteiger partial charge in [-0.1, -0.05) is 79.2 Å². The third-order valence-corrected chi connectivity index (χ3v) is 3.73. The molecule has 1 heteroatoms. The molecule has 0 unspecified atom stereocenters. The van der Waals surface area contributed by atoms with Gasteiger partial charge in [-0.15, -0.1) is 0 Å². The summed E-state index contributed by atoms with van der Waals surface area (Å²) in [6.07, 6.45) is 4.30. The molecule has 20 heavy (non-hydrogen) atoms. The van der Waals surface area contributed by atoms with Crippen LogP contribution in [0.25, 0.3) is 6.08 Å². The Hall–Kier alpha value is -1.86. The first-order valence-corrected chi connectivity index (χ1v) is 7.11. The third kappa shape index (κ3) is 3.82. The van der Waals surface area contributed by atoms with Crippen LogP contribution in [0.4, 0.5) is 0 Å². The molecule has 1 nitrogen and oxygen atoms in total. The molecule has 2 aromatic rings. The van der Waals surface area contributed by atoms with Crippen LogP contribution in [0, 0.1) is 12.8 Å². The molecule has 2 rings (SSSR count). The lowest BCUT2D eigenvalue weighted by Gasteiger charge is -2.20. The second-order valence-corrected chi connectivity index (χ2v) is 5.33. The molecule has 2 aromatic carbocycles. The molecule has 0 aliphatic heterocycles. The van der Waals surface area contributed by atoms with Crippen molar-refractivity contribution in [3.8, 4) is 0 Å². The quantitative estimate of drug-likeness (QED) is 0.849. The van der Waals surface area contributed by atoms with Gasteiger partial charge >= 0.3 is 0 Å². The van der Waals surface area contributed by atoms with Crippen molar-refractivity contribution in [3.05, 3.63) is 77.4 Å². The van der Waals surface area contributed by atoms with Gasteiger partial charge in [-0.3, -0.25) is 0 Å². The Morgan fingerprint density at radius 2 is 1.65 bits per heavy atom. The molecular weight excluding hydrogens is 244 g/mol. The van der Waals surface area contributed by atoms with Gasteiger partial charge in [0.15, 0.2) is 0 Å². The Balaban J connectivity index is 2.11. The van der Waals surface area contributed by atoms with Crippen LogP contribution in [0.3, 0.4) is 0 Å². The van der Waals surface area contributed by atoms with Crippen LogP contribution >= 0.6 is 0 Å². The van der Waals surface area contributed by atoms with Crippen molar-refractivity contribution < 1.29 is 5.11 Å². The third-order valence-electron chi connectivity index (χ3n) is 3.73. The van der Waals surface area contributed by atoms with Gasteiger partial charge in [0.05, 0.1) is 6.61 Å². The number of aliphatic hydroxyl groups excluding tert-OH is 1. The second-order valence-electron chi connectivity index (χ2n) is 5.33. The van der Waals surface area contributed by atoms with E-state index in [4.69, 9.17) is 0 Å². The topological polar surface area (TPSA) is 20.2 Å². The highest BCUT2D eigenvalue weighted by Crippen LogP contribution is 2.26. The average molecular weight is 266 g/mol. The number of hydrogen-bond donors (Lipinski definition) is 1. The summed E-state index contributed by atoms with van der Waals surface area (Å²) >= 11 is 0. The predicted octanol–water partition coefficient (Wildman–Crippen LogP) is 4.42. The van der Waals surface area contributed by atoms with Crippen molar-refractivity contribution in [2.24, 2.45) is 5.92 Å². The maximum absolute atomic E-state index is 9.68. The molecule has 0 saturated carbocycles. The predicted molar refractivity (Wildman–Crippen MR) is 85.6 cm³/mol. The van der Waals surface area contributed by atoms with E-state index < -0.39 is 0 Å². The summed E-state index contributed by atoms with van der Waals surface area (Å²) in [6, 6.07) is 18.7. The molecule has 0 saturated heterocycles. The molecule has 0 spiro atoms. The SMILES string of the molecule is Cc1ccc([C@@H](CO)[C@@H](C)/C=C/c2ccccc2)cc1. The number of aryl methyl sites for hydroxylation is 1. The van der Waals surface area contributed by atoms with Gasteiger partial charge < -0.3 is 5.11 Å². The van der Waals surface area contributed by atoms with Crippen LogP contribution in [0.1, 0.15) is 29.5 Å². The van der Waals surface area contributed by atoms with Crippen LogP contribution < -0.4 is 0 Å². The zero-order valence-electron chi connectivity index (χ0n) is 12.2. The average Bonchev–Trinajstić information content (AvgIpc) is 2.49. The first kappa shape index (κ1) is 14.5. The van der Waals surface area contributed by atoms with Gasteiger partial charge in [0, 0.05) is 5.92 Å². The summed E-state index contributed by atoms with van der Waals surface area (Å²) in [5.41, 5.74) is 3.64. The Bertz CT molecular complexity index is 540. The van der Waals surface area contributed by atoms with Crippen LogP contribution in [0.2, 0.25) is 0 Å². The highest BCUT2D eigenvalue weighted by atomic mass is 16.3. The van der Waals surface area contributed by atoms with Crippen LogP contribution in [-0.2, 0) is 0 Å². The monoisotopic (exact) mass is 266 g/mol. The number of rotatable bonds is 5. The van der Waals surface area contributed by atoms with Gasteiger partial charge in [-0.2, -0.15) is 0 Å². The number of benzene rings is 2. The number of aliphatic hydroxyl groups is 1. The molecule has 0 amide bonds. The van der Waals surface area contributed by atoms with Crippen molar-refractivity contribution in [2.75, 3.05) is 6.61 Å². The summed E-state index contributed by atoms with van der Waals surface area (Å²) < 4.78 is 0. The van der Waals surface area contributed by atoms with Gasteiger partial charge in [0.2, 0.25) is 0 Å². The summed E-state index contributed by atoms with van der Waals surface area (Å²) in [5, 5.41) is 9.68. The van der Waals surface area contributed by atoms with E-state index >= 15 is 0 Å². The second kappa shape index (κ2) is 7.06. The largest absolute Gasteiger partial charge is 0.396 e. The minimum Gasteiger partial charge on any atom is -0.396 e. The minimum absolute atomic E-state index is 0.149. The molecule has 0 aliphatic rings. The Labute approximate surface area is 121 Å². The molecule has 0 radical (unpaired) electrons. The van der Waals surface area contributed by atoms with E-state index in [-0.39, 0.29) is 12.5 Å². The van der Waals surface area contributed by atoms with Crippen molar-refractivity contribution in [2.45, 2.75) is 19.8 Å². The molecule has 104 valence electrons. The van der Waals surface area contributed by atoms with E-state index in [1.165, 1.54) is 16.7 Å². The minimum atomic E-state index is 0.149. The smallest absolute Gasteiger partial charge is 0.0505 e. The number of hydrogen-bond acceptors (Lipinski definition) is 1. The van der Waals surface area contributed by atoms with Crippen molar-refractivity contribution in [1.29, 1.82) is 0 Å². The van der Waals surface area contributed by atoms with Crippen LogP contribution in [0.15, 0.2) is 60.7 Å². The highest BCUT2D eigenvalue weighted by Gasteiger charge is 2.16. The zero-order chi connectivity index (χ0) is 14.4. The highest BCUT2D eigenvalue weighted by molar-refractivity contribution is 5.49. The maximum atomic E-state index is 9.68. The first-order valence-electron chi connectivity index (χ1n) is 7.11. The van der Waals surface area contributed by atoms with Crippen LogP contribution in [-0.4, -0.2) is 11.7 Å².